The average molecular weight is 237 g/mol. The van der Waals surface area contributed by atoms with Crippen LogP contribution in [0.15, 0.2) is 24.3 Å². The second kappa shape index (κ2) is 7.96. The summed E-state index contributed by atoms with van der Waals surface area (Å²) in [5, 5.41) is 8.69. The highest BCUT2D eigenvalue weighted by Gasteiger charge is 2.06. The van der Waals surface area contributed by atoms with Gasteiger partial charge in [-0.2, -0.15) is 0 Å². The molecule has 1 rings (SSSR count). The van der Waals surface area contributed by atoms with Gasteiger partial charge in [-0.05, 0) is 25.0 Å². The zero-order valence-corrected chi connectivity index (χ0v) is 10.9. The molecule has 0 aromatic heterocycles. The molecule has 0 aliphatic carbocycles. The Morgan fingerprint density at radius 3 is 2.53 bits per heavy atom. The van der Waals surface area contributed by atoms with Crippen molar-refractivity contribution in [1.29, 1.82) is 0 Å². The number of para-hydroxylation sites is 2. The van der Waals surface area contributed by atoms with Crippen molar-refractivity contribution in [2.75, 3.05) is 32.2 Å². The summed E-state index contributed by atoms with van der Waals surface area (Å²) in [6, 6.07) is 8.07. The number of benzene rings is 1. The largest absolute Gasteiger partial charge is 0.495 e. The van der Waals surface area contributed by atoms with Crippen molar-refractivity contribution in [2.24, 2.45) is 0 Å². The van der Waals surface area contributed by atoms with Crippen LogP contribution in [0.5, 0.6) is 5.75 Å². The molecule has 3 nitrogen and oxygen atoms in total. The van der Waals surface area contributed by atoms with E-state index in [1.807, 2.05) is 18.2 Å². The molecule has 0 saturated carbocycles. The summed E-state index contributed by atoms with van der Waals surface area (Å²) in [4.78, 5) is 2.22. The Bertz CT molecular complexity index is 315. The summed E-state index contributed by atoms with van der Waals surface area (Å²) in [5.41, 5.74) is 1.14. The van der Waals surface area contributed by atoms with Crippen molar-refractivity contribution in [3.8, 4) is 5.75 Å². The van der Waals surface area contributed by atoms with Crippen LogP contribution < -0.4 is 9.64 Å². The summed E-state index contributed by atoms with van der Waals surface area (Å²) in [7, 11) is 3.79. The van der Waals surface area contributed by atoms with Crippen LogP contribution in [-0.2, 0) is 0 Å². The van der Waals surface area contributed by atoms with Crippen LogP contribution in [0.4, 0.5) is 5.69 Å². The van der Waals surface area contributed by atoms with E-state index >= 15 is 0 Å². The molecule has 0 spiro atoms. The number of unbranched alkanes of at least 4 members (excludes halogenated alkanes) is 3. The number of hydrogen-bond acceptors (Lipinski definition) is 3. The summed E-state index contributed by atoms with van der Waals surface area (Å²) < 4.78 is 5.34. The predicted molar refractivity (Wildman–Crippen MR) is 71.8 cm³/mol. The van der Waals surface area contributed by atoms with E-state index in [1.54, 1.807) is 7.11 Å². The second-order valence-electron chi connectivity index (χ2n) is 4.23. The first-order chi connectivity index (χ1) is 8.29. The van der Waals surface area contributed by atoms with Crippen molar-refractivity contribution in [1.82, 2.24) is 0 Å². The van der Waals surface area contributed by atoms with E-state index < -0.39 is 0 Å². The van der Waals surface area contributed by atoms with Crippen LogP contribution in [-0.4, -0.2) is 32.4 Å². The van der Waals surface area contributed by atoms with Gasteiger partial charge in [0.1, 0.15) is 5.75 Å². The van der Waals surface area contributed by atoms with Gasteiger partial charge in [0.2, 0.25) is 0 Å². The standard InChI is InChI=1S/C14H23NO2/c1-15(11-7-3-4-8-12-16)13-9-5-6-10-14(13)17-2/h5-6,9-10,16H,3-4,7-8,11-12H2,1-2H3. The predicted octanol–water partition coefficient (Wildman–Crippen LogP) is 2.68. The van der Waals surface area contributed by atoms with Gasteiger partial charge in [-0.1, -0.05) is 25.0 Å². The number of aliphatic hydroxyl groups excluding tert-OH is 1. The Kier molecular flexibility index (Phi) is 6.48. The molecule has 3 heteroatoms. The first kappa shape index (κ1) is 13.8. The molecule has 1 aromatic carbocycles. The van der Waals surface area contributed by atoms with Crippen LogP contribution in [0, 0.1) is 0 Å². The molecule has 0 saturated heterocycles. The van der Waals surface area contributed by atoms with Crippen molar-refractivity contribution in [3.05, 3.63) is 24.3 Å². The molecule has 96 valence electrons. The minimum atomic E-state index is 0.308. The molecule has 1 N–H and O–H groups in total. The molecule has 0 fully saturated rings. The minimum Gasteiger partial charge on any atom is -0.495 e. The number of methoxy groups -OCH3 is 1. The number of hydrogen-bond donors (Lipinski definition) is 1. The van der Waals surface area contributed by atoms with E-state index in [-0.39, 0.29) is 0 Å². The first-order valence-corrected chi connectivity index (χ1v) is 6.24. The molecule has 0 aliphatic rings. The topological polar surface area (TPSA) is 32.7 Å². The van der Waals surface area contributed by atoms with Crippen LogP contribution in [0.1, 0.15) is 25.7 Å². The maximum Gasteiger partial charge on any atom is 0.142 e. The van der Waals surface area contributed by atoms with Crippen molar-refractivity contribution < 1.29 is 9.84 Å². The van der Waals surface area contributed by atoms with Gasteiger partial charge in [0.05, 0.1) is 12.8 Å². The van der Waals surface area contributed by atoms with E-state index in [2.05, 4.69) is 18.0 Å². The third-order valence-corrected chi connectivity index (χ3v) is 2.90. The lowest BCUT2D eigenvalue weighted by molar-refractivity contribution is 0.282. The van der Waals surface area contributed by atoms with Crippen molar-refractivity contribution in [3.63, 3.8) is 0 Å². The molecular formula is C14H23NO2. The third kappa shape index (κ3) is 4.65. The highest BCUT2D eigenvalue weighted by atomic mass is 16.5. The van der Waals surface area contributed by atoms with Gasteiger partial charge >= 0.3 is 0 Å². The Morgan fingerprint density at radius 2 is 1.82 bits per heavy atom. The van der Waals surface area contributed by atoms with Gasteiger partial charge in [-0.3, -0.25) is 0 Å². The second-order valence-corrected chi connectivity index (χ2v) is 4.23. The fraction of sp³-hybridized carbons (Fsp3) is 0.571. The highest BCUT2D eigenvalue weighted by molar-refractivity contribution is 5.57. The number of rotatable bonds is 8. The minimum absolute atomic E-state index is 0.308. The van der Waals surface area contributed by atoms with Crippen LogP contribution in [0.3, 0.4) is 0 Å². The van der Waals surface area contributed by atoms with Gasteiger partial charge < -0.3 is 14.7 Å². The fourth-order valence-corrected chi connectivity index (χ4v) is 1.88. The van der Waals surface area contributed by atoms with Gasteiger partial charge in [0, 0.05) is 20.2 Å². The van der Waals surface area contributed by atoms with Crippen LogP contribution >= 0.6 is 0 Å². The summed E-state index contributed by atoms with van der Waals surface area (Å²) in [6.45, 7) is 1.33. The van der Waals surface area contributed by atoms with Gasteiger partial charge in [0.15, 0.2) is 0 Å². The van der Waals surface area contributed by atoms with Gasteiger partial charge in [0.25, 0.3) is 0 Å². The molecule has 0 aliphatic heterocycles. The van der Waals surface area contributed by atoms with Gasteiger partial charge in [-0.15, -0.1) is 0 Å². The zero-order valence-electron chi connectivity index (χ0n) is 10.9. The highest BCUT2D eigenvalue weighted by Crippen LogP contribution is 2.26. The Balaban J connectivity index is 2.38. The van der Waals surface area contributed by atoms with Crippen molar-refractivity contribution in [2.45, 2.75) is 25.7 Å². The third-order valence-electron chi connectivity index (χ3n) is 2.90. The van der Waals surface area contributed by atoms with E-state index in [4.69, 9.17) is 9.84 Å². The maximum absolute atomic E-state index is 8.69. The fourth-order valence-electron chi connectivity index (χ4n) is 1.88. The molecule has 0 amide bonds. The van der Waals surface area contributed by atoms with Crippen molar-refractivity contribution >= 4 is 5.69 Å². The molecule has 0 bridgehead atoms. The Labute approximate surface area is 104 Å². The van der Waals surface area contributed by atoms with Gasteiger partial charge in [-0.25, -0.2) is 0 Å². The zero-order chi connectivity index (χ0) is 12.5. The molecule has 1 aromatic rings. The Morgan fingerprint density at radius 1 is 1.12 bits per heavy atom. The smallest absolute Gasteiger partial charge is 0.142 e. The van der Waals surface area contributed by atoms with E-state index in [1.165, 1.54) is 6.42 Å². The van der Waals surface area contributed by atoms with E-state index in [0.717, 1.165) is 37.2 Å². The SMILES string of the molecule is COc1ccccc1N(C)CCCCCCO. The number of aliphatic hydroxyl groups is 1. The normalized spacial score (nSPS) is 10.3. The lowest BCUT2D eigenvalue weighted by Crippen LogP contribution is -2.19. The molecular weight excluding hydrogens is 214 g/mol. The molecule has 0 radical (unpaired) electrons. The molecule has 0 unspecified atom stereocenters. The number of nitrogens with zero attached hydrogens (tertiary/aromatic N) is 1. The quantitative estimate of drug-likeness (QED) is 0.706. The number of anilines is 1. The lowest BCUT2D eigenvalue weighted by atomic mass is 10.2. The lowest BCUT2D eigenvalue weighted by Gasteiger charge is -2.21. The van der Waals surface area contributed by atoms with Crippen LogP contribution in [0.2, 0.25) is 0 Å². The van der Waals surface area contributed by atoms with Crippen LogP contribution in [0.25, 0.3) is 0 Å². The Hall–Kier alpha value is -1.22. The van der Waals surface area contributed by atoms with E-state index in [9.17, 15) is 0 Å². The summed E-state index contributed by atoms with van der Waals surface area (Å²) >= 11 is 0. The average Bonchev–Trinajstić information content (AvgIpc) is 2.38. The summed E-state index contributed by atoms with van der Waals surface area (Å²) in [6.07, 6.45) is 4.34. The monoisotopic (exact) mass is 237 g/mol. The van der Waals surface area contributed by atoms with E-state index in [0.29, 0.717) is 6.61 Å². The molecule has 0 atom stereocenters. The number of ether oxygens (including phenoxy) is 1. The molecule has 0 heterocycles. The first-order valence-electron chi connectivity index (χ1n) is 6.24. The summed E-state index contributed by atoms with van der Waals surface area (Å²) in [5.74, 6) is 0.922. The molecule has 17 heavy (non-hydrogen) atoms. The maximum atomic E-state index is 8.69.